The molecule has 0 spiro atoms. The van der Waals surface area contributed by atoms with Crippen LogP contribution in [0.3, 0.4) is 0 Å². The number of benzene rings is 2. The van der Waals surface area contributed by atoms with Crippen molar-refractivity contribution < 1.29 is 9.53 Å². The van der Waals surface area contributed by atoms with Crippen LogP contribution in [0.4, 0.5) is 5.95 Å². The number of thioether (sulfide) groups is 1. The number of amides is 1. The number of nitrogens with one attached hydrogen (secondary N) is 2. The summed E-state index contributed by atoms with van der Waals surface area (Å²) in [6.45, 7) is 0. The van der Waals surface area contributed by atoms with Crippen molar-refractivity contribution in [2.45, 2.75) is 5.16 Å². The van der Waals surface area contributed by atoms with Gasteiger partial charge in [-0.2, -0.15) is 10.1 Å². The molecule has 0 aliphatic carbocycles. The summed E-state index contributed by atoms with van der Waals surface area (Å²) in [6.07, 6.45) is 1.30. The summed E-state index contributed by atoms with van der Waals surface area (Å²) >= 11 is 1.15. The van der Waals surface area contributed by atoms with Gasteiger partial charge in [0.15, 0.2) is 5.16 Å². The van der Waals surface area contributed by atoms with E-state index in [0.29, 0.717) is 27.5 Å². The number of methoxy groups -OCH3 is 1. The standard InChI is InChI=1S/C19H16N6O3S/c1-28-13-6-4-5-12(9-13)25-17(27)14-7-2-3-8-15(14)22-19(25)29-10-16(26)23-18-20-11-21-24-18/h2-9,11H,10H2,1H3,(H2,20,21,23,24,26). The van der Waals surface area contributed by atoms with E-state index in [1.54, 1.807) is 49.6 Å². The number of para-hydroxylation sites is 1. The van der Waals surface area contributed by atoms with Gasteiger partial charge in [-0.3, -0.25) is 19.5 Å². The van der Waals surface area contributed by atoms with E-state index in [1.165, 1.54) is 10.9 Å². The number of carbonyl (C=O) groups is 1. The molecular formula is C19H16N6O3S. The third-order valence-corrected chi connectivity index (χ3v) is 5.00. The third-order valence-electron chi connectivity index (χ3n) is 4.06. The molecule has 146 valence electrons. The first kappa shape index (κ1) is 18.7. The molecule has 2 aromatic carbocycles. The quantitative estimate of drug-likeness (QED) is 0.371. The number of H-pyrrole nitrogens is 1. The molecule has 9 nitrogen and oxygen atoms in total. The average molecular weight is 408 g/mol. The first-order chi connectivity index (χ1) is 14.2. The summed E-state index contributed by atoms with van der Waals surface area (Å²) in [5.41, 5.74) is 0.947. The number of anilines is 1. The van der Waals surface area contributed by atoms with Crippen molar-refractivity contribution >= 4 is 34.5 Å². The minimum absolute atomic E-state index is 0.0372. The van der Waals surface area contributed by atoms with Crippen LogP contribution in [0.25, 0.3) is 16.6 Å². The molecule has 29 heavy (non-hydrogen) atoms. The second-order valence-electron chi connectivity index (χ2n) is 5.92. The highest BCUT2D eigenvalue weighted by molar-refractivity contribution is 7.99. The van der Waals surface area contributed by atoms with Gasteiger partial charge in [0, 0.05) is 6.07 Å². The predicted molar refractivity (Wildman–Crippen MR) is 110 cm³/mol. The van der Waals surface area contributed by atoms with Crippen LogP contribution in [0.15, 0.2) is 64.8 Å². The fourth-order valence-electron chi connectivity index (χ4n) is 2.75. The lowest BCUT2D eigenvalue weighted by atomic mass is 10.2. The maximum atomic E-state index is 13.2. The molecule has 1 amide bonds. The molecule has 2 N–H and O–H groups in total. The van der Waals surface area contributed by atoms with Crippen LogP contribution >= 0.6 is 11.8 Å². The van der Waals surface area contributed by atoms with Crippen molar-refractivity contribution in [1.29, 1.82) is 0 Å². The van der Waals surface area contributed by atoms with Gasteiger partial charge in [0.1, 0.15) is 12.1 Å². The lowest BCUT2D eigenvalue weighted by molar-refractivity contribution is -0.113. The lowest BCUT2D eigenvalue weighted by Gasteiger charge is -2.13. The second-order valence-corrected chi connectivity index (χ2v) is 6.87. The Balaban J connectivity index is 1.73. The summed E-state index contributed by atoms with van der Waals surface area (Å²) in [4.78, 5) is 33.9. The largest absolute Gasteiger partial charge is 0.497 e. The van der Waals surface area contributed by atoms with Crippen molar-refractivity contribution in [3.8, 4) is 11.4 Å². The normalized spacial score (nSPS) is 10.8. The Bertz CT molecular complexity index is 1220. The summed E-state index contributed by atoms with van der Waals surface area (Å²) < 4.78 is 6.76. The Morgan fingerprint density at radius 2 is 2.10 bits per heavy atom. The maximum absolute atomic E-state index is 13.2. The first-order valence-electron chi connectivity index (χ1n) is 8.60. The van der Waals surface area contributed by atoms with E-state index in [0.717, 1.165) is 11.8 Å². The molecule has 0 saturated heterocycles. The van der Waals surface area contributed by atoms with E-state index >= 15 is 0 Å². The van der Waals surface area contributed by atoms with E-state index in [9.17, 15) is 9.59 Å². The molecule has 0 aliphatic heterocycles. The molecule has 0 atom stereocenters. The van der Waals surface area contributed by atoms with E-state index < -0.39 is 0 Å². The topological polar surface area (TPSA) is 115 Å². The zero-order chi connectivity index (χ0) is 20.2. The second kappa shape index (κ2) is 8.15. The molecule has 0 fully saturated rings. The molecule has 0 saturated carbocycles. The summed E-state index contributed by atoms with van der Waals surface area (Å²) in [6, 6.07) is 14.2. The van der Waals surface area contributed by atoms with Gasteiger partial charge in [-0.1, -0.05) is 30.0 Å². The number of aromatic nitrogens is 5. The number of nitrogens with zero attached hydrogens (tertiary/aromatic N) is 4. The molecule has 4 aromatic rings. The molecule has 0 unspecified atom stereocenters. The molecule has 10 heteroatoms. The van der Waals surface area contributed by atoms with Gasteiger partial charge >= 0.3 is 0 Å². The molecular weight excluding hydrogens is 392 g/mol. The zero-order valence-corrected chi connectivity index (χ0v) is 16.1. The molecule has 0 bridgehead atoms. The van der Waals surface area contributed by atoms with E-state index in [1.807, 2.05) is 6.07 Å². The SMILES string of the molecule is COc1cccc(-n2c(SCC(=O)Nc3ncn[nH]3)nc3ccccc3c2=O)c1. The molecule has 0 aliphatic rings. The molecule has 2 aromatic heterocycles. The molecule has 0 radical (unpaired) electrons. The minimum Gasteiger partial charge on any atom is -0.497 e. The van der Waals surface area contributed by atoms with Gasteiger partial charge in [0.05, 0.1) is 29.5 Å². The van der Waals surface area contributed by atoms with E-state index in [-0.39, 0.29) is 23.2 Å². The van der Waals surface area contributed by atoms with E-state index in [2.05, 4.69) is 25.5 Å². The van der Waals surface area contributed by atoms with Gasteiger partial charge in [0.25, 0.3) is 5.56 Å². The highest BCUT2D eigenvalue weighted by atomic mass is 32.2. The summed E-state index contributed by atoms with van der Waals surface area (Å²) in [7, 11) is 1.56. The number of hydrogen-bond donors (Lipinski definition) is 2. The van der Waals surface area contributed by atoms with Gasteiger partial charge in [-0.25, -0.2) is 10.1 Å². The van der Waals surface area contributed by atoms with Gasteiger partial charge < -0.3 is 4.74 Å². The number of ether oxygens (including phenoxy) is 1. The first-order valence-corrected chi connectivity index (χ1v) is 9.58. The van der Waals surface area contributed by atoms with Crippen LogP contribution < -0.4 is 15.6 Å². The van der Waals surface area contributed by atoms with E-state index in [4.69, 9.17) is 4.74 Å². The predicted octanol–water partition coefficient (Wildman–Crippen LogP) is 2.24. The van der Waals surface area contributed by atoms with Gasteiger partial charge in [0.2, 0.25) is 11.9 Å². The van der Waals surface area contributed by atoms with Crippen molar-refractivity contribution in [3.05, 3.63) is 65.2 Å². The Morgan fingerprint density at radius 1 is 1.24 bits per heavy atom. The highest BCUT2D eigenvalue weighted by Gasteiger charge is 2.15. The highest BCUT2D eigenvalue weighted by Crippen LogP contribution is 2.23. The number of hydrogen-bond acceptors (Lipinski definition) is 7. The number of aromatic amines is 1. The van der Waals surface area contributed by atoms with Crippen LogP contribution in [0.2, 0.25) is 0 Å². The van der Waals surface area contributed by atoms with Crippen LogP contribution in [-0.4, -0.2) is 43.5 Å². The third kappa shape index (κ3) is 3.97. The molecule has 4 rings (SSSR count). The van der Waals surface area contributed by atoms with Gasteiger partial charge in [-0.05, 0) is 24.3 Å². The fraction of sp³-hybridized carbons (Fsp3) is 0.105. The monoisotopic (exact) mass is 408 g/mol. The Hall–Kier alpha value is -3.66. The number of rotatable bonds is 6. The average Bonchev–Trinajstić information content (AvgIpc) is 3.25. The number of carbonyl (C=O) groups excluding carboxylic acids is 1. The number of fused-ring (bicyclic) bond motifs is 1. The van der Waals surface area contributed by atoms with Crippen LogP contribution in [0, 0.1) is 0 Å². The zero-order valence-electron chi connectivity index (χ0n) is 15.3. The Kier molecular flexibility index (Phi) is 5.25. The molecule has 2 heterocycles. The van der Waals surface area contributed by atoms with Crippen LogP contribution in [0.1, 0.15) is 0 Å². The Labute approximate surface area is 169 Å². The smallest absolute Gasteiger partial charge is 0.266 e. The Morgan fingerprint density at radius 3 is 2.90 bits per heavy atom. The minimum atomic E-state index is -0.300. The fourth-order valence-corrected chi connectivity index (χ4v) is 3.56. The van der Waals surface area contributed by atoms with Crippen LogP contribution in [0.5, 0.6) is 5.75 Å². The summed E-state index contributed by atoms with van der Waals surface area (Å²) in [5, 5.41) is 9.73. The lowest BCUT2D eigenvalue weighted by Crippen LogP contribution is -2.23. The van der Waals surface area contributed by atoms with Crippen molar-refractivity contribution in [2.24, 2.45) is 0 Å². The van der Waals surface area contributed by atoms with Crippen molar-refractivity contribution in [1.82, 2.24) is 24.7 Å². The maximum Gasteiger partial charge on any atom is 0.266 e. The van der Waals surface area contributed by atoms with Crippen molar-refractivity contribution in [2.75, 3.05) is 18.2 Å². The van der Waals surface area contributed by atoms with Crippen LogP contribution in [-0.2, 0) is 4.79 Å². The van der Waals surface area contributed by atoms with Crippen molar-refractivity contribution in [3.63, 3.8) is 0 Å². The summed E-state index contributed by atoms with van der Waals surface area (Å²) in [5.74, 6) is 0.607. The van der Waals surface area contributed by atoms with Gasteiger partial charge in [-0.15, -0.1) is 0 Å².